The summed E-state index contributed by atoms with van der Waals surface area (Å²) in [6, 6.07) is -0.743. The molecule has 0 aromatic rings. The molecule has 0 spiro atoms. The van der Waals surface area contributed by atoms with Gasteiger partial charge in [0.1, 0.15) is 0 Å². The van der Waals surface area contributed by atoms with Crippen LogP contribution in [0.5, 0.6) is 0 Å². The van der Waals surface area contributed by atoms with Gasteiger partial charge in [-0.1, -0.05) is 109 Å². The molecule has 34 heavy (non-hydrogen) atoms. The molecule has 0 heterocycles. The number of carbonyl (C=O) groups excluding carboxylic acids is 1. The summed E-state index contributed by atoms with van der Waals surface area (Å²) in [6.45, 7) is 4.09. The lowest BCUT2D eigenvalue weighted by Gasteiger charge is -2.21. The van der Waals surface area contributed by atoms with E-state index in [1.54, 1.807) is 6.08 Å². The van der Waals surface area contributed by atoms with Crippen molar-refractivity contribution in [3.63, 3.8) is 0 Å². The molecular formula is C29H55NO4. The van der Waals surface area contributed by atoms with Crippen LogP contribution in [-0.4, -0.2) is 46.1 Å². The molecular weight excluding hydrogens is 426 g/mol. The van der Waals surface area contributed by atoms with Gasteiger partial charge in [0.25, 0.3) is 0 Å². The zero-order valence-corrected chi connectivity index (χ0v) is 22.2. The van der Waals surface area contributed by atoms with Crippen molar-refractivity contribution in [2.75, 3.05) is 6.61 Å². The minimum Gasteiger partial charge on any atom is -0.394 e. The highest BCUT2D eigenvalue weighted by atomic mass is 16.3. The average Bonchev–Trinajstić information content (AvgIpc) is 2.82. The van der Waals surface area contributed by atoms with Crippen molar-refractivity contribution in [1.82, 2.24) is 5.32 Å². The maximum atomic E-state index is 12.2. The number of unbranched alkanes of at least 4 members (excludes halogenated alkanes) is 13. The number of allylic oxidation sites excluding steroid dienone is 3. The van der Waals surface area contributed by atoms with E-state index >= 15 is 0 Å². The molecule has 0 saturated carbocycles. The third kappa shape index (κ3) is 21.4. The van der Waals surface area contributed by atoms with Gasteiger partial charge in [-0.2, -0.15) is 0 Å². The largest absolute Gasteiger partial charge is 0.394 e. The van der Waals surface area contributed by atoms with Crippen molar-refractivity contribution in [2.45, 2.75) is 148 Å². The van der Waals surface area contributed by atoms with Gasteiger partial charge >= 0.3 is 0 Å². The first kappa shape index (κ1) is 32.8. The van der Waals surface area contributed by atoms with E-state index in [9.17, 15) is 20.1 Å². The Bertz CT molecular complexity index is 506. The van der Waals surface area contributed by atoms with Crippen LogP contribution in [0.2, 0.25) is 0 Å². The smallest absolute Gasteiger partial charge is 0.222 e. The Morgan fingerprint density at radius 3 is 1.88 bits per heavy atom. The van der Waals surface area contributed by atoms with Crippen LogP contribution in [0, 0.1) is 0 Å². The summed E-state index contributed by atoms with van der Waals surface area (Å²) in [4.78, 5) is 12.2. The molecule has 3 unspecified atom stereocenters. The summed E-state index contributed by atoms with van der Waals surface area (Å²) in [5.41, 5.74) is 0. The second-order valence-electron chi connectivity index (χ2n) is 9.65. The molecule has 0 saturated heterocycles. The van der Waals surface area contributed by atoms with Crippen LogP contribution < -0.4 is 5.32 Å². The van der Waals surface area contributed by atoms with E-state index in [0.717, 1.165) is 38.5 Å². The Morgan fingerprint density at radius 1 is 0.735 bits per heavy atom. The molecule has 0 rings (SSSR count). The molecule has 4 N–H and O–H groups in total. The van der Waals surface area contributed by atoms with Crippen LogP contribution in [0.25, 0.3) is 0 Å². The van der Waals surface area contributed by atoms with Crippen molar-refractivity contribution in [1.29, 1.82) is 0 Å². The van der Waals surface area contributed by atoms with E-state index in [2.05, 4.69) is 31.3 Å². The van der Waals surface area contributed by atoms with Crippen LogP contribution in [0.4, 0.5) is 0 Å². The molecule has 0 bridgehead atoms. The molecule has 0 aliphatic heterocycles. The predicted octanol–water partition coefficient (Wildman–Crippen LogP) is 6.36. The Kier molecular flexibility index (Phi) is 24.1. The third-order valence-corrected chi connectivity index (χ3v) is 6.23. The summed E-state index contributed by atoms with van der Waals surface area (Å²) < 4.78 is 0. The van der Waals surface area contributed by atoms with E-state index in [4.69, 9.17) is 0 Å². The zero-order chi connectivity index (χ0) is 25.3. The molecule has 3 atom stereocenters. The number of rotatable bonds is 24. The minimum absolute atomic E-state index is 0.00226. The van der Waals surface area contributed by atoms with Gasteiger partial charge in [-0.15, -0.1) is 0 Å². The first-order valence-corrected chi connectivity index (χ1v) is 14.1. The Balaban J connectivity index is 3.90. The van der Waals surface area contributed by atoms with E-state index in [1.165, 1.54) is 64.2 Å². The van der Waals surface area contributed by atoms with Gasteiger partial charge in [-0.05, 0) is 38.5 Å². The first-order chi connectivity index (χ1) is 16.5. The normalized spacial score (nSPS) is 14.6. The maximum Gasteiger partial charge on any atom is 0.222 e. The molecule has 0 aromatic carbocycles. The Labute approximate surface area is 210 Å². The number of aliphatic hydroxyl groups is 3. The number of aliphatic hydroxyl groups excluding tert-OH is 3. The number of amides is 1. The molecule has 0 radical (unpaired) electrons. The Hall–Kier alpha value is -1.17. The van der Waals surface area contributed by atoms with Gasteiger partial charge in [0.2, 0.25) is 5.91 Å². The lowest BCUT2D eigenvalue weighted by atomic mass is 10.1. The lowest BCUT2D eigenvalue weighted by molar-refractivity contribution is -0.124. The summed E-state index contributed by atoms with van der Waals surface area (Å²) >= 11 is 0. The fraction of sp³-hybridized carbons (Fsp3) is 0.828. The van der Waals surface area contributed by atoms with E-state index < -0.39 is 18.2 Å². The summed E-state index contributed by atoms with van der Waals surface area (Å²) in [7, 11) is 0. The van der Waals surface area contributed by atoms with Crippen LogP contribution >= 0.6 is 0 Å². The fourth-order valence-electron chi connectivity index (χ4n) is 3.96. The van der Waals surface area contributed by atoms with E-state index in [-0.39, 0.29) is 18.9 Å². The van der Waals surface area contributed by atoms with Crippen LogP contribution in [-0.2, 0) is 4.79 Å². The number of hydrogen-bond donors (Lipinski definition) is 4. The highest BCUT2D eigenvalue weighted by molar-refractivity contribution is 5.76. The van der Waals surface area contributed by atoms with Crippen LogP contribution in [0.3, 0.4) is 0 Å². The Morgan fingerprint density at radius 2 is 1.26 bits per heavy atom. The van der Waals surface area contributed by atoms with Crippen molar-refractivity contribution in [3.8, 4) is 0 Å². The standard InChI is InChI=1S/C29H55NO4/c1-3-5-7-9-11-13-14-15-17-19-21-23-28(33)27(25-31)30-29(34)24-26(32)22-20-18-16-12-10-8-6-4-2/h10,12,21,23,26-28,31-33H,3-9,11,13-20,22,24-25H2,1-2H3,(H,30,34)/b12-10-,23-21+. The molecule has 0 fully saturated rings. The lowest BCUT2D eigenvalue weighted by Crippen LogP contribution is -2.45. The maximum absolute atomic E-state index is 12.2. The summed E-state index contributed by atoms with van der Waals surface area (Å²) in [5.74, 6) is -0.336. The molecule has 0 aliphatic rings. The molecule has 0 aromatic heterocycles. The van der Waals surface area contributed by atoms with Crippen molar-refractivity contribution >= 4 is 5.91 Å². The first-order valence-electron chi connectivity index (χ1n) is 14.1. The zero-order valence-electron chi connectivity index (χ0n) is 22.2. The van der Waals surface area contributed by atoms with Gasteiger partial charge in [0.15, 0.2) is 0 Å². The SMILES string of the molecule is CCCC/C=C\CCCCC(O)CC(=O)NC(CO)C(O)/C=C/CCCCCCCCCCC. The molecule has 5 nitrogen and oxygen atoms in total. The molecule has 5 heteroatoms. The van der Waals surface area contributed by atoms with Crippen LogP contribution in [0.15, 0.2) is 24.3 Å². The van der Waals surface area contributed by atoms with Gasteiger partial charge < -0.3 is 20.6 Å². The molecule has 1 amide bonds. The summed E-state index contributed by atoms with van der Waals surface area (Å²) in [5, 5.41) is 32.6. The summed E-state index contributed by atoms with van der Waals surface area (Å²) in [6.07, 6.45) is 25.9. The van der Waals surface area contributed by atoms with Crippen molar-refractivity contribution in [2.24, 2.45) is 0 Å². The van der Waals surface area contributed by atoms with Gasteiger partial charge in [-0.3, -0.25) is 4.79 Å². The second-order valence-corrected chi connectivity index (χ2v) is 9.65. The number of carbonyl (C=O) groups is 1. The van der Waals surface area contributed by atoms with E-state index in [1.807, 2.05) is 6.08 Å². The quantitative estimate of drug-likeness (QED) is 0.0954. The predicted molar refractivity (Wildman–Crippen MR) is 144 cm³/mol. The van der Waals surface area contributed by atoms with Gasteiger partial charge in [-0.25, -0.2) is 0 Å². The number of hydrogen-bond acceptors (Lipinski definition) is 4. The third-order valence-electron chi connectivity index (χ3n) is 6.23. The van der Waals surface area contributed by atoms with Gasteiger partial charge in [0, 0.05) is 0 Å². The van der Waals surface area contributed by atoms with Gasteiger partial charge in [0.05, 0.1) is 31.3 Å². The fourth-order valence-corrected chi connectivity index (χ4v) is 3.96. The highest BCUT2D eigenvalue weighted by Gasteiger charge is 2.19. The second kappa shape index (κ2) is 24.9. The minimum atomic E-state index is -0.927. The number of nitrogens with one attached hydrogen (secondary N) is 1. The highest BCUT2D eigenvalue weighted by Crippen LogP contribution is 2.11. The van der Waals surface area contributed by atoms with Crippen LogP contribution in [0.1, 0.15) is 129 Å². The topological polar surface area (TPSA) is 89.8 Å². The molecule has 0 aliphatic carbocycles. The molecule has 200 valence electrons. The van der Waals surface area contributed by atoms with Crippen molar-refractivity contribution in [3.05, 3.63) is 24.3 Å². The monoisotopic (exact) mass is 481 g/mol. The average molecular weight is 482 g/mol. The van der Waals surface area contributed by atoms with E-state index in [0.29, 0.717) is 6.42 Å². The van der Waals surface area contributed by atoms with Crippen molar-refractivity contribution < 1.29 is 20.1 Å².